The number of carbonyl (C=O) groups is 2. The first-order chi connectivity index (χ1) is 12.3. The van der Waals surface area contributed by atoms with Gasteiger partial charge in [0.2, 0.25) is 0 Å². The number of anilines is 1. The van der Waals surface area contributed by atoms with E-state index in [1.165, 1.54) is 10.9 Å². The lowest BCUT2D eigenvalue weighted by Crippen LogP contribution is -2.27. The van der Waals surface area contributed by atoms with E-state index in [2.05, 4.69) is 10.4 Å². The number of nitrogens with one attached hydrogen (secondary N) is 1. The van der Waals surface area contributed by atoms with Crippen LogP contribution in [-0.4, -0.2) is 27.6 Å². The van der Waals surface area contributed by atoms with Crippen LogP contribution in [0.3, 0.4) is 0 Å². The van der Waals surface area contributed by atoms with Gasteiger partial charge in [-0.15, -0.1) is 0 Å². The Labute approximate surface area is 150 Å². The summed E-state index contributed by atoms with van der Waals surface area (Å²) in [6.45, 7) is 5.37. The normalized spacial score (nSPS) is 11.2. The van der Waals surface area contributed by atoms with Crippen molar-refractivity contribution in [2.75, 3.05) is 5.32 Å². The van der Waals surface area contributed by atoms with Gasteiger partial charge in [0.05, 0.1) is 11.7 Å². The average Bonchev–Trinajstić information content (AvgIpc) is 2.97. The Balaban J connectivity index is 1.74. The Kier molecular flexibility index (Phi) is 4.62. The molecule has 3 aromatic rings. The Hall–Kier alpha value is -3.35. The van der Waals surface area contributed by atoms with Crippen LogP contribution in [0.25, 0.3) is 10.9 Å². The van der Waals surface area contributed by atoms with Crippen molar-refractivity contribution in [3.05, 3.63) is 54.7 Å². The van der Waals surface area contributed by atoms with Gasteiger partial charge in [0.15, 0.2) is 0 Å². The van der Waals surface area contributed by atoms with E-state index in [1.54, 1.807) is 63.2 Å². The van der Waals surface area contributed by atoms with Crippen molar-refractivity contribution in [2.24, 2.45) is 0 Å². The first-order valence-corrected chi connectivity index (χ1v) is 8.07. The molecule has 0 unspecified atom stereocenters. The van der Waals surface area contributed by atoms with E-state index in [9.17, 15) is 9.59 Å². The number of nitrogens with zero attached hydrogens (tertiary/aromatic N) is 2. The summed E-state index contributed by atoms with van der Waals surface area (Å²) in [5, 5.41) is 7.40. The van der Waals surface area contributed by atoms with Crippen molar-refractivity contribution in [1.82, 2.24) is 9.78 Å². The molecule has 0 saturated heterocycles. The van der Waals surface area contributed by atoms with E-state index in [-0.39, 0.29) is 0 Å². The van der Waals surface area contributed by atoms with E-state index in [4.69, 9.17) is 9.47 Å². The molecule has 0 aliphatic rings. The Morgan fingerprint density at radius 2 is 1.81 bits per heavy atom. The van der Waals surface area contributed by atoms with Crippen LogP contribution in [-0.2, 0) is 4.74 Å². The predicted octanol–water partition coefficient (Wildman–Crippen LogP) is 4.43. The number of fused-ring (bicyclic) bond motifs is 1. The van der Waals surface area contributed by atoms with Gasteiger partial charge in [-0.05, 0) is 51.1 Å². The third-order valence-electron chi connectivity index (χ3n) is 3.33. The molecule has 2 aromatic carbocycles. The van der Waals surface area contributed by atoms with E-state index in [0.29, 0.717) is 22.3 Å². The maximum atomic E-state index is 12.2. The first kappa shape index (κ1) is 17.5. The Morgan fingerprint density at radius 1 is 1.08 bits per heavy atom. The molecule has 1 aromatic heterocycles. The summed E-state index contributed by atoms with van der Waals surface area (Å²) in [7, 11) is 0. The van der Waals surface area contributed by atoms with Gasteiger partial charge in [0, 0.05) is 11.1 Å². The van der Waals surface area contributed by atoms with E-state index in [0.717, 1.165) is 0 Å². The van der Waals surface area contributed by atoms with Crippen LogP contribution >= 0.6 is 0 Å². The summed E-state index contributed by atoms with van der Waals surface area (Å²) in [6.07, 6.45) is 0.374. The molecule has 0 atom stereocenters. The molecule has 7 heteroatoms. The molecule has 7 nitrogen and oxygen atoms in total. The monoisotopic (exact) mass is 353 g/mol. The van der Waals surface area contributed by atoms with Crippen molar-refractivity contribution < 1.29 is 19.1 Å². The Bertz CT molecular complexity index is 942. The van der Waals surface area contributed by atoms with Crippen molar-refractivity contribution in [3.8, 4) is 5.75 Å². The average molecular weight is 353 g/mol. The quantitative estimate of drug-likeness (QED) is 0.737. The molecule has 0 aliphatic heterocycles. The van der Waals surface area contributed by atoms with Crippen LogP contribution in [0.2, 0.25) is 0 Å². The van der Waals surface area contributed by atoms with Crippen molar-refractivity contribution in [1.29, 1.82) is 0 Å². The van der Waals surface area contributed by atoms with E-state index in [1.807, 2.05) is 6.07 Å². The summed E-state index contributed by atoms with van der Waals surface area (Å²) in [4.78, 5) is 24.1. The Morgan fingerprint density at radius 3 is 2.50 bits per heavy atom. The maximum absolute atomic E-state index is 12.2. The van der Waals surface area contributed by atoms with Crippen molar-refractivity contribution >= 4 is 28.8 Å². The number of aromatic nitrogens is 2. The van der Waals surface area contributed by atoms with Crippen LogP contribution in [0.5, 0.6) is 5.75 Å². The van der Waals surface area contributed by atoms with Crippen molar-refractivity contribution in [3.63, 3.8) is 0 Å². The molecule has 0 radical (unpaired) electrons. The van der Waals surface area contributed by atoms with Gasteiger partial charge in [-0.1, -0.05) is 18.2 Å². The highest BCUT2D eigenvalue weighted by molar-refractivity contribution is 5.93. The van der Waals surface area contributed by atoms with Gasteiger partial charge in [-0.3, -0.25) is 5.32 Å². The lowest BCUT2D eigenvalue weighted by Gasteiger charge is -2.19. The van der Waals surface area contributed by atoms with E-state index < -0.39 is 17.8 Å². The maximum Gasteiger partial charge on any atom is 0.435 e. The third-order valence-corrected chi connectivity index (χ3v) is 3.33. The fourth-order valence-electron chi connectivity index (χ4n) is 2.30. The standard InChI is InChI=1S/C19H19N3O4/c1-19(2,3)26-18(24)22-16-10-9-14(11-13(16)12-20-22)21-17(23)25-15-7-5-4-6-8-15/h4-12H,1-3H3,(H,21,23). The smallest absolute Gasteiger partial charge is 0.435 e. The zero-order valence-corrected chi connectivity index (χ0v) is 14.7. The highest BCUT2D eigenvalue weighted by atomic mass is 16.6. The molecule has 0 aliphatic carbocycles. The number of hydrogen-bond donors (Lipinski definition) is 1. The highest BCUT2D eigenvalue weighted by Gasteiger charge is 2.20. The van der Waals surface area contributed by atoms with Gasteiger partial charge < -0.3 is 9.47 Å². The molecular weight excluding hydrogens is 334 g/mol. The molecule has 0 spiro atoms. The SMILES string of the molecule is CC(C)(C)OC(=O)n1ncc2cc(NC(=O)Oc3ccccc3)ccc21. The first-order valence-electron chi connectivity index (χ1n) is 8.07. The molecular formula is C19H19N3O4. The van der Waals surface area contributed by atoms with Gasteiger partial charge in [-0.25, -0.2) is 9.59 Å². The summed E-state index contributed by atoms with van der Waals surface area (Å²) < 4.78 is 11.7. The van der Waals surface area contributed by atoms with Crippen LogP contribution in [0.4, 0.5) is 15.3 Å². The minimum absolute atomic E-state index is 0.448. The zero-order valence-electron chi connectivity index (χ0n) is 14.7. The number of amides is 1. The molecule has 1 amide bonds. The second-order valence-corrected chi connectivity index (χ2v) is 6.64. The summed E-state index contributed by atoms with van der Waals surface area (Å²) in [6, 6.07) is 13.8. The van der Waals surface area contributed by atoms with Crippen LogP contribution < -0.4 is 10.1 Å². The van der Waals surface area contributed by atoms with Gasteiger partial charge in [0.25, 0.3) is 0 Å². The summed E-state index contributed by atoms with van der Waals surface area (Å²) >= 11 is 0. The zero-order chi connectivity index (χ0) is 18.7. The fourth-order valence-corrected chi connectivity index (χ4v) is 2.30. The summed E-state index contributed by atoms with van der Waals surface area (Å²) in [5.74, 6) is 0.448. The minimum atomic E-state index is -0.613. The summed E-state index contributed by atoms with van der Waals surface area (Å²) in [5.41, 5.74) is 0.501. The highest BCUT2D eigenvalue weighted by Crippen LogP contribution is 2.21. The number of rotatable bonds is 2. The number of hydrogen-bond acceptors (Lipinski definition) is 5. The molecule has 3 rings (SSSR count). The van der Waals surface area contributed by atoms with E-state index >= 15 is 0 Å². The van der Waals surface area contributed by atoms with Gasteiger partial charge in [0.1, 0.15) is 11.4 Å². The van der Waals surface area contributed by atoms with Crippen LogP contribution in [0.1, 0.15) is 20.8 Å². The molecule has 0 bridgehead atoms. The molecule has 134 valence electrons. The van der Waals surface area contributed by atoms with Crippen LogP contribution in [0.15, 0.2) is 54.7 Å². The number of para-hydroxylation sites is 1. The molecule has 1 heterocycles. The largest absolute Gasteiger partial charge is 0.442 e. The minimum Gasteiger partial charge on any atom is -0.442 e. The van der Waals surface area contributed by atoms with Crippen LogP contribution in [0, 0.1) is 0 Å². The number of ether oxygens (including phenoxy) is 2. The number of benzene rings is 2. The van der Waals surface area contributed by atoms with Gasteiger partial charge >= 0.3 is 12.2 Å². The molecule has 1 N–H and O–H groups in total. The lowest BCUT2D eigenvalue weighted by atomic mass is 10.2. The fraction of sp³-hybridized carbons (Fsp3) is 0.211. The van der Waals surface area contributed by atoms with Crippen molar-refractivity contribution in [2.45, 2.75) is 26.4 Å². The second kappa shape index (κ2) is 6.87. The third kappa shape index (κ3) is 4.18. The molecule has 26 heavy (non-hydrogen) atoms. The second-order valence-electron chi connectivity index (χ2n) is 6.64. The molecule has 0 saturated carbocycles. The predicted molar refractivity (Wildman–Crippen MR) is 97.5 cm³/mol. The lowest BCUT2D eigenvalue weighted by molar-refractivity contribution is 0.0522. The van der Waals surface area contributed by atoms with Gasteiger partial charge in [-0.2, -0.15) is 9.78 Å². The topological polar surface area (TPSA) is 82.5 Å². The molecule has 0 fully saturated rings. The number of carbonyl (C=O) groups excluding carboxylic acids is 2.